The smallest absolute Gasteiger partial charge is 0.326 e. The quantitative estimate of drug-likeness (QED) is 0.807. The lowest BCUT2D eigenvalue weighted by Crippen LogP contribution is -2.50. The average molecular weight is 256 g/mol. The van der Waals surface area contributed by atoms with Crippen LogP contribution in [0.3, 0.4) is 0 Å². The average Bonchev–Trinajstić information content (AvgIpc) is 2.28. The van der Waals surface area contributed by atoms with E-state index in [2.05, 4.69) is 12.2 Å². The molecule has 5 heteroatoms. The predicted molar refractivity (Wildman–Crippen MR) is 69.4 cm³/mol. The third-order valence-corrected chi connectivity index (χ3v) is 3.37. The molecule has 18 heavy (non-hydrogen) atoms. The first-order chi connectivity index (χ1) is 8.40. The van der Waals surface area contributed by atoms with Crippen LogP contribution in [0.5, 0.6) is 0 Å². The Morgan fingerprint density at radius 2 is 1.89 bits per heavy atom. The number of carbonyl (C=O) groups excluding carboxylic acids is 1. The molecule has 1 fully saturated rings. The molecule has 0 radical (unpaired) electrons. The standard InChI is InChI=1S/C13H24N2O3/c1-9(2)8-11(12(16)17)14-13(18)15-6-4-10(3)5-7-15/h9-11H,4-8H2,1-3H3,(H,14,18)(H,16,17)/t11-/m1/s1. The second kappa shape index (κ2) is 6.61. The molecule has 0 bridgehead atoms. The number of nitrogens with zero attached hydrogens (tertiary/aromatic N) is 1. The van der Waals surface area contributed by atoms with E-state index in [0.717, 1.165) is 25.9 Å². The summed E-state index contributed by atoms with van der Waals surface area (Å²) in [5, 5.41) is 11.7. The lowest BCUT2D eigenvalue weighted by molar-refractivity contribution is -0.139. The summed E-state index contributed by atoms with van der Waals surface area (Å²) < 4.78 is 0. The predicted octanol–water partition coefficient (Wildman–Crippen LogP) is 1.93. The zero-order chi connectivity index (χ0) is 13.7. The molecule has 2 amide bonds. The van der Waals surface area contributed by atoms with Gasteiger partial charge in [0, 0.05) is 13.1 Å². The molecule has 0 spiro atoms. The zero-order valence-corrected chi connectivity index (χ0v) is 11.5. The van der Waals surface area contributed by atoms with Gasteiger partial charge in [0.05, 0.1) is 0 Å². The third kappa shape index (κ3) is 4.55. The number of hydrogen-bond donors (Lipinski definition) is 2. The van der Waals surface area contributed by atoms with Crippen molar-refractivity contribution < 1.29 is 14.7 Å². The fraction of sp³-hybridized carbons (Fsp3) is 0.846. The highest BCUT2D eigenvalue weighted by Gasteiger charge is 2.25. The van der Waals surface area contributed by atoms with Crippen LogP contribution < -0.4 is 5.32 Å². The van der Waals surface area contributed by atoms with Crippen molar-refractivity contribution in [3.05, 3.63) is 0 Å². The van der Waals surface area contributed by atoms with Gasteiger partial charge in [-0.1, -0.05) is 20.8 Å². The molecule has 1 aliphatic heterocycles. The van der Waals surface area contributed by atoms with E-state index in [0.29, 0.717) is 12.3 Å². The van der Waals surface area contributed by atoms with Gasteiger partial charge >= 0.3 is 12.0 Å². The minimum atomic E-state index is -0.956. The first kappa shape index (κ1) is 14.8. The van der Waals surface area contributed by atoms with Crippen LogP contribution in [-0.2, 0) is 4.79 Å². The SMILES string of the molecule is CC(C)C[C@@H](NC(=O)N1CCC(C)CC1)C(=O)O. The van der Waals surface area contributed by atoms with E-state index >= 15 is 0 Å². The van der Waals surface area contributed by atoms with Gasteiger partial charge in [-0.05, 0) is 31.1 Å². The summed E-state index contributed by atoms with van der Waals surface area (Å²) >= 11 is 0. The van der Waals surface area contributed by atoms with E-state index < -0.39 is 12.0 Å². The summed E-state index contributed by atoms with van der Waals surface area (Å²) in [4.78, 5) is 24.7. The van der Waals surface area contributed by atoms with Gasteiger partial charge in [0.2, 0.25) is 0 Å². The molecule has 0 unspecified atom stereocenters. The van der Waals surface area contributed by atoms with Crippen molar-refractivity contribution in [2.45, 2.75) is 46.1 Å². The van der Waals surface area contributed by atoms with Gasteiger partial charge in [0.25, 0.3) is 0 Å². The van der Waals surface area contributed by atoms with Crippen LogP contribution in [0.25, 0.3) is 0 Å². The van der Waals surface area contributed by atoms with Crippen molar-refractivity contribution in [2.75, 3.05) is 13.1 Å². The summed E-state index contributed by atoms with van der Waals surface area (Å²) in [6, 6.07) is -1.02. The van der Waals surface area contributed by atoms with E-state index in [1.165, 1.54) is 0 Å². The highest BCUT2D eigenvalue weighted by Crippen LogP contribution is 2.16. The number of nitrogens with one attached hydrogen (secondary N) is 1. The molecule has 0 aromatic rings. The molecule has 104 valence electrons. The van der Waals surface area contributed by atoms with Crippen LogP contribution in [-0.4, -0.2) is 41.1 Å². The van der Waals surface area contributed by atoms with Gasteiger partial charge in [0.15, 0.2) is 0 Å². The summed E-state index contributed by atoms with van der Waals surface area (Å²) in [5.41, 5.74) is 0. The molecule has 5 nitrogen and oxygen atoms in total. The number of rotatable bonds is 4. The number of hydrogen-bond acceptors (Lipinski definition) is 2. The van der Waals surface area contributed by atoms with Gasteiger partial charge in [0.1, 0.15) is 6.04 Å². The molecule has 0 saturated carbocycles. The van der Waals surface area contributed by atoms with Gasteiger partial charge < -0.3 is 15.3 Å². The second-order valence-electron chi connectivity index (χ2n) is 5.64. The van der Waals surface area contributed by atoms with E-state index in [4.69, 9.17) is 5.11 Å². The second-order valence-corrected chi connectivity index (χ2v) is 5.64. The van der Waals surface area contributed by atoms with Crippen LogP contribution in [0.1, 0.15) is 40.0 Å². The molecule has 1 saturated heterocycles. The fourth-order valence-corrected chi connectivity index (χ4v) is 2.14. The molecule has 1 rings (SSSR count). The molecular formula is C13H24N2O3. The zero-order valence-electron chi connectivity index (χ0n) is 11.5. The highest BCUT2D eigenvalue weighted by molar-refractivity contribution is 5.82. The van der Waals surface area contributed by atoms with E-state index in [-0.39, 0.29) is 11.9 Å². The molecule has 1 heterocycles. The van der Waals surface area contributed by atoms with Crippen LogP contribution in [0, 0.1) is 11.8 Å². The lowest BCUT2D eigenvalue weighted by atomic mass is 9.99. The van der Waals surface area contributed by atoms with Crippen LogP contribution in [0.15, 0.2) is 0 Å². The maximum absolute atomic E-state index is 12.0. The van der Waals surface area contributed by atoms with Crippen molar-refractivity contribution in [1.29, 1.82) is 0 Å². The highest BCUT2D eigenvalue weighted by atomic mass is 16.4. The Labute approximate surface area is 109 Å². The molecule has 2 N–H and O–H groups in total. The van der Waals surface area contributed by atoms with E-state index in [1.54, 1.807) is 4.90 Å². The lowest BCUT2D eigenvalue weighted by Gasteiger charge is -2.31. The summed E-state index contributed by atoms with van der Waals surface area (Å²) in [6.45, 7) is 7.52. The van der Waals surface area contributed by atoms with Gasteiger partial charge in [-0.2, -0.15) is 0 Å². The molecule has 1 atom stereocenters. The molecule has 1 aliphatic rings. The summed E-state index contributed by atoms with van der Waals surface area (Å²) in [5.74, 6) is -0.0600. The Morgan fingerprint density at radius 3 is 2.33 bits per heavy atom. The Hall–Kier alpha value is -1.26. The number of urea groups is 1. The largest absolute Gasteiger partial charge is 0.480 e. The van der Waals surface area contributed by atoms with Crippen LogP contribution in [0.4, 0.5) is 4.79 Å². The normalized spacial score (nSPS) is 18.8. The minimum absolute atomic E-state index is 0.241. The number of amides is 2. The number of likely N-dealkylation sites (tertiary alicyclic amines) is 1. The molecule has 0 aliphatic carbocycles. The van der Waals surface area contributed by atoms with Crippen molar-refractivity contribution in [3.8, 4) is 0 Å². The number of aliphatic carboxylic acids is 1. The van der Waals surface area contributed by atoms with Gasteiger partial charge in [-0.3, -0.25) is 0 Å². The molecular weight excluding hydrogens is 232 g/mol. The Kier molecular flexibility index (Phi) is 5.44. The van der Waals surface area contributed by atoms with Gasteiger partial charge in [-0.25, -0.2) is 9.59 Å². The van der Waals surface area contributed by atoms with E-state index in [1.807, 2.05) is 13.8 Å². The minimum Gasteiger partial charge on any atom is -0.480 e. The van der Waals surface area contributed by atoms with Crippen molar-refractivity contribution in [3.63, 3.8) is 0 Å². The van der Waals surface area contributed by atoms with Crippen molar-refractivity contribution >= 4 is 12.0 Å². The van der Waals surface area contributed by atoms with Crippen LogP contribution >= 0.6 is 0 Å². The fourth-order valence-electron chi connectivity index (χ4n) is 2.14. The van der Waals surface area contributed by atoms with Crippen molar-refractivity contribution in [2.24, 2.45) is 11.8 Å². The number of carboxylic acid groups (broad SMARTS) is 1. The third-order valence-electron chi connectivity index (χ3n) is 3.37. The maximum Gasteiger partial charge on any atom is 0.326 e. The first-order valence-corrected chi connectivity index (χ1v) is 6.68. The van der Waals surface area contributed by atoms with Crippen LogP contribution in [0.2, 0.25) is 0 Å². The van der Waals surface area contributed by atoms with Crippen molar-refractivity contribution in [1.82, 2.24) is 10.2 Å². The number of carboxylic acids is 1. The van der Waals surface area contributed by atoms with E-state index in [9.17, 15) is 9.59 Å². The Bertz CT molecular complexity index is 297. The Balaban J connectivity index is 2.48. The summed E-state index contributed by atoms with van der Waals surface area (Å²) in [7, 11) is 0. The first-order valence-electron chi connectivity index (χ1n) is 6.68. The Morgan fingerprint density at radius 1 is 1.33 bits per heavy atom. The topological polar surface area (TPSA) is 69.6 Å². The summed E-state index contributed by atoms with van der Waals surface area (Å²) in [6.07, 6.45) is 2.45. The maximum atomic E-state index is 12.0. The van der Waals surface area contributed by atoms with Gasteiger partial charge in [-0.15, -0.1) is 0 Å². The monoisotopic (exact) mass is 256 g/mol. The molecule has 0 aromatic carbocycles. The molecule has 0 aromatic heterocycles. The number of piperidine rings is 1. The number of carbonyl (C=O) groups is 2.